The summed E-state index contributed by atoms with van der Waals surface area (Å²) in [5.41, 5.74) is 3.29. The van der Waals surface area contributed by atoms with Crippen molar-refractivity contribution in [3.05, 3.63) is 58.7 Å². The number of phenols is 1. The van der Waals surface area contributed by atoms with Gasteiger partial charge in [0.15, 0.2) is 17.6 Å². The van der Waals surface area contributed by atoms with Crippen LogP contribution < -0.4 is 4.74 Å². The molecule has 4 atom stereocenters. The summed E-state index contributed by atoms with van der Waals surface area (Å²) in [6, 6.07) is 7.80. The highest BCUT2D eigenvalue weighted by molar-refractivity contribution is 5.87. The highest BCUT2D eigenvalue weighted by atomic mass is 16.5. The van der Waals surface area contributed by atoms with Gasteiger partial charge in [-0.1, -0.05) is 24.2 Å². The molecule has 2 N–H and O–H groups in total. The molecule has 1 spiro atoms. The Hall–Kier alpha value is -2.50. The Kier molecular flexibility index (Phi) is 2.79. The lowest BCUT2D eigenvalue weighted by Crippen LogP contribution is -2.74. The molecule has 0 unspecified atom stereocenters. The Balaban J connectivity index is 1.45. The van der Waals surface area contributed by atoms with Gasteiger partial charge < -0.3 is 19.5 Å². The number of hydrogen-bond acceptors (Lipinski definition) is 4. The van der Waals surface area contributed by atoms with Crippen molar-refractivity contribution in [3.63, 3.8) is 0 Å². The van der Waals surface area contributed by atoms with Crippen LogP contribution in [0.15, 0.2) is 36.4 Å². The van der Waals surface area contributed by atoms with Crippen LogP contribution in [0.4, 0.5) is 0 Å². The number of benzene rings is 2. The van der Waals surface area contributed by atoms with Crippen LogP contribution in [0, 0.1) is 5.92 Å². The molecule has 2 bridgehead atoms. The molecule has 1 saturated heterocycles. The van der Waals surface area contributed by atoms with E-state index in [-0.39, 0.29) is 11.8 Å². The van der Waals surface area contributed by atoms with Gasteiger partial charge in [0, 0.05) is 42.5 Å². The van der Waals surface area contributed by atoms with E-state index in [0.717, 1.165) is 59.6 Å². The third-order valence-electron chi connectivity index (χ3n) is 9.31. The van der Waals surface area contributed by atoms with E-state index in [4.69, 9.17) is 7.48 Å². The first kappa shape index (κ1) is 16.2. The number of phenolic OH excluding ortho intramolecular Hbond substituents is 1. The molecule has 32 heavy (non-hydrogen) atoms. The summed E-state index contributed by atoms with van der Waals surface area (Å²) in [7, 11) is 1.97. The quantitative estimate of drug-likeness (QED) is 0.650. The second kappa shape index (κ2) is 5.52. The average molecular weight is 433 g/mol. The standard InChI is InChI=1S/C27H28N2O3/c1-28-19-5-3-2-4-17(19)18-13-27(31)21-12-16-8-9-20(30)24-22(16)26(27,25(32-24)23(18)28)10-11-29(21)14-15-6-7-15/h2-5,8-9,15,21,25,30-31H,6-7,10-14H2,1H3/t21-,25+,26+,27-/m1/s1/i2T,5T. The lowest BCUT2D eigenvalue weighted by Gasteiger charge is -2.63. The fourth-order valence-electron chi connectivity index (χ4n) is 7.79. The van der Waals surface area contributed by atoms with Gasteiger partial charge in [0.05, 0.1) is 19.5 Å². The molecule has 5 heteroatoms. The molecule has 5 nitrogen and oxygen atoms in total. The highest BCUT2D eigenvalue weighted by Crippen LogP contribution is 2.69. The Bertz CT molecular complexity index is 1430. The molecular formula is C27H28N2O3. The second-order valence-corrected chi connectivity index (χ2v) is 10.7. The number of aliphatic hydroxyl groups is 1. The molecule has 1 saturated carbocycles. The number of para-hydroxylation sites is 1. The van der Waals surface area contributed by atoms with E-state index in [1.165, 1.54) is 18.4 Å². The van der Waals surface area contributed by atoms with Crippen molar-refractivity contribution >= 4 is 10.9 Å². The summed E-state index contributed by atoms with van der Waals surface area (Å²) < 4.78 is 25.6. The normalized spacial score (nSPS) is 35.2. The van der Waals surface area contributed by atoms with Crippen molar-refractivity contribution in [1.29, 1.82) is 0 Å². The molecule has 5 aliphatic rings. The van der Waals surface area contributed by atoms with Crippen molar-refractivity contribution in [1.82, 2.24) is 9.47 Å². The topological polar surface area (TPSA) is 57.9 Å². The highest BCUT2D eigenvalue weighted by Gasteiger charge is 2.73. The zero-order chi connectivity index (χ0) is 23.1. The van der Waals surface area contributed by atoms with Gasteiger partial charge in [-0.15, -0.1) is 0 Å². The number of piperidine rings is 1. The SMILES string of the molecule is [3H]c1cc([3H])c2c(c1)c1c(n2C)[C@@H]2Oc3c(O)ccc4c3[C@@]23CCN(CC2CC2)[C@H](C4)[C@]3(O)C1. The van der Waals surface area contributed by atoms with E-state index >= 15 is 0 Å². The number of aromatic nitrogens is 1. The third kappa shape index (κ3) is 1.84. The lowest BCUT2D eigenvalue weighted by atomic mass is 9.49. The maximum Gasteiger partial charge on any atom is 0.166 e. The number of aryl methyl sites for hydroxylation is 1. The number of ether oxygens (including phenoxy) is 1. The van der Waals surface area contributed by atoms with Gasteiger partial charge in [0.25, 0.3) is 0 Å². The largest absolute Gasteiger partial charge is 0.504 e. The van der Waals surface area contributed by atoms with Gasteiger partial charge >= 0.3 is 0 Å². The number of hydrogen-bond donors (Lipinski definition) is 2. The Labute approximate surface area is 190 Å². The van der Waals surface area contributed by atoms with Crippen molar-refractivity contribution < 1.29 is 17.7 Å². The van der Waals surface area contributed by atoms with Crippen molar-refractivity contribution in [3.8, 4) is 11.5 Å². The molecule has 2 aliphatic heterocycles. The van der Waals surface area contributed by atoms with Gasteiger partial charge in [-0.05, 0) is 61.4 Å². The first-order chi connectivity index (χ1) is 16.3. The van der Waals surface area contributed by atoms with Crippen molar-refractivity contribution in [2.45, 2.75) is 55.3 Å². The van der Waals surface area contributed by atoms with Gasteiger partial charge in [0.1, 0.15) is 0 Å². The minimum atomic E-state index is -1.04. The molecule has 8 rings (SSSR count). The second-order valence-electron chi connectivity index (χ2n) is 10.7. The summed E-state index contributed by atoms with van der Waals surface area (Å²) in [6.07, 6.45) is 4.12. The maximum atomic E-state index is 12.9. The summed E-state index contributed by atoms with van der Waals surface area (Å²) >= 11 is 0. The summed E-state index contributed by atoms with van der Waals surface area (Å²) in [5.74, 6) is 1.40. The lowest BCUT2D eigenvalue weighted by molar-refractivity contribution is -0.173. The number of nitrogens with zero attached hydrogens (tertiary/aromatic N) is 2. The van der Waals surface area contributed by atoms with Crippen LogP contribution in [0.3, 0.4) is 0 Å². The molecule has 0 radical (unpaired) electrons. The summed E-state index contributed by atoms with van der Waals surface area (Å²) in [4.78, 5) is 2.52. The fourth-order valence-corrected chi connectivity index (χ4v) is 7.79. The van der Waals surface area contributed by atoms with Crippen LogP contribution in [0.2, 0.25) is 0 Å². The average Bonchev–Trinajstić information content (AvgIpc) is 3.46. The molecule has 3 aliphatic carbocycles. The number of aromatic hydroxyl groups is 1. The van der Waals surface area contributed by atoms with Gasteiger partial charge in [-0.25, -0.2) is 0 Å². The van der Waals surface area contributed by atoms with E-state index in [1.807, 2.05) is 23.7 Å². The van der Waals surface area contributed by atoms with Crippen LogP contribution in [-0.4, -0.2) is 44.4 Å². The zero-order valence-corrected chi connectivity index (χ0v) is 18.2. The summed E-state index contributed by atoms with van der Waals surface area (Å²) in [6.45, 7) is 1.95. The molecule has 0 amide bonds. The number of likely N-dealkylation sites (tertiary alicyclic amines) is 1. The first-order valence-corrected chi connectivity index (χ1v) is 11.9. The number of rotatable bonds is 2. The molecule has 2 fully saturated rings. The molecule has 2 aromatic carbocycles. The molecule has 3 heterocycles. The van der Waals surface area contributed by atoms with E-state index in [9.17, 15) is 10.2 Å². The predicted molar refractivity (Wildman–Crippen MR) is 121 cm³/mol. The van der Waals surface area contributed by atoms with Crippen molar-refractivity contribution in [2.24, 2.45) is 13.0 Å². The van der Waals surface area contributed by atoms with Crippen LogP contribution in [0.5, 0.6) is 11.5 Å². The third-order valence-corrected chi connectivity index (χ3v) is 9.31. The molecular weight excluding hydrogens is 400 g/mol. The van der Waals surface area contributed by atoms with Crippen LogP contribution in [-0.2, 0) is 25.3 Å². The van der Waals surface area contributed by atoms with Gasteiger partial charge in [0.2, 0.25) is 0 Å². The smallest absolute Gasteiger partial charge is 0.166 e. The Morgan fingerprint density at radius 3 is 3.00 bits per heavy atom. The van der Waals surface area contributed by atoms with E-state index < -0.39 is 17.1 Å². The van der Waals surface area contributed by atoms with Gasteiger partial charge in [-0.3, -0.25) is 4.90 Å². The molecule has 1 aromatic heterocycles. The van der Waals surface area contributed by atoms with Crippen molar-refractivity contribution in [2.75, 3.05) is 13.1 Å². The minimum Gasteiger partial charge on any atom is -0.504 e. The van der Waals surface area contributed by atoms with Crippen LogP contribution in [0.25, 0.3) is 10.9 Å². The van der Waals surface area contributed by atoms with Crippen LogP contribution in [0.1, 0.15) is 50.5 Å². The Morgan fingerprint density at radius 1 is 1.28 bits per heavy atom. The minimum absolute atomic E-state index is 0.0194. The predicted octanol–water partition coefficient (Wildman–Crippen LogP) is 3.58. The molecule has 3 aromatic rings. The monoisotopic (exact) mass is 432 g/mol. The van der Waals surface area contributed by atoms with Crippen LogP contribution >= 0.6 is 0 Å². The molecule has 164 valence electrons. The van der Waals surface area contributed by atoms with E-state index in [2.05, 4.69) is 4.90 Å². The Morgan fingerprint density at radius 2 is 2.16 bits per heavy atom. The number of fused-ring (bicyclic) bond motifs is 4. The summed E-state index contributed by atoms with van der Waals surface area (Å²) in [5, 5.41) is 24.6. The first-order valence-electron chi connectivity index (χ1n) is 12.9. The van der Waals surface area contributed by atoms with E-state index in [0.29, 0.717) is 24.3 Å². The maximum absolute atomic E-state index is 12.9. The fraction of sp³-hybridized carbons (Fsp3) is 0.481. The van der Waals surface area contributed by atoms with Gasteiger partial charge in [-0.2, -0.15) is 0 Å². The zero-order valence-electron chi connectivity index (χ0n) is 20.2. The van der Waals surface area contributed by atoms with E-state index in [1.54, 1.807) is 12.1 Å².